The standard InChI is InChI=1S/C33H39FN2O3/c1-22-11-5-6-14-26(22)33(39)29-21-36(18-8-7-17-35(3)4)20-28(32(38)24-12-9-13-25(37)19-24)31(29)27-15-10-16-30(34)23(27)2/h5-6,9-16,19,28-29,31,37H,7-8,17-18,20-21H2,1-4H3. The molecule has 39 heavy (non-hydrogen) atoms. The van der Waals surface area contributed by atoms with Gasteiger partial charge in [-0.15, -0.1) is 0 Å². The van der Waals surface area contributed by atoms with Crippen LogP contribution in [-0.4, -0.2) is 66.7 Å². The monoisotopic (exact) mass is 530 g/mol. The van der Waals surface area contributed by atoms with Crippen molar-refractivity contribution >= 4 is 11.6 Å². The number of Topliss-reactive ketones (excluding diaryl/α,β-unsaturated/α-hetero) is 2. The highest BCUT2D eigenvalue weighted by atomic mass is 19.1. The van der Waals surface area contributed by atoms with Crippen molar-refractivity contribution in [3.05, 3.63) is 100 Å². The molecular weight excluding hydrogens is 491 g/mol. The minimum Gasteiger partial charge on any atom is -0.508 e. The van der Waals surface area contributed by atoms with E-state index in [0.717, 1.165) is 31.5 Å². The minimum atomic E-state index is -0.576. The molecule has 0 radical (unpaired) electrons. The Kier molecular flexibility index (Phi) is 9.31. The molecule has 0 spiro atoms. The number of carbonyl (C=O) groups excluding carboxylic acids is 2. The summed E-state index contributed by atoms with van der Waals surface area (Å²) in [7, 11) is 4.10. The number of aromatic hydroxyl groups is 1. The number of aryl methyl sites for hydroxylation is 1. The highest BCUT2D eigenvalue weighted by Gasteiger charge is 2.45. The van der Waals surface area contributed by atoms with Gasteiger partial charge in [-0.2, -0.15) is 0 Å². The lowest BCUT2D eigenvalue weighted by molar-refractivity contribution is 0.0566. The Morgan fingerprint density at radius 1 is 0.923 bits per heavy atom. The summed E-state index contributed by atoms with van der Waals surface area (Å²) >= 11 is 0. The maximum absolute atomic E-state index is 14.9. The van der Waals surface area contributed by atoms with Gasteiger partial charge in [0.25, 0.3) is 0 Å². The summed E-state index contributed by atoms with van der Waals surface area (Å²) in [6.45, 7) is 6.35. The predicted octanol–water partition coefficient (Wildman–Crippen LogP) is 5.89. The number of ketones is 2. The quantitative estimate of drug-likeness (QED) is 0.262. The van der Waals surface area contributed by atoms with Gasteiger partial charge in [-0.3, -0.25) is 9.59 Å². The van der Waals surface area contributed by atoms with Crippen LogP contribution in [0, 0.1) is 31.5 Å². The molecule has 3 aromatic rings. The van der Waals surface area contributed by atoms with Gasteiger partial charge in [0.1, 0.15) is 11.6 Å². The average Bonchev–Trinajstić information content (AvgIpc) is 2.91. The number of likely N-dealkylation sites (tertiary alicyclic amines) is 1. The highest BCUT2D eigenvalue weighted by Crippen LogP contribution is 2.42. The average molecular weight is 531 g/mol. The Labute approximate surface area is 231 Å². The normalized spacial score (nSPS) is 19.8. The molecular formula is C33H39FN2O3. The molecule has 5 nitrogen and oxygen atoms in total. The SMILES string of the molecule is Cc1ccccc1C(=O)C1CN(CCCCN(C)C)CC(C(=O)c2cccc(O)c2)C1c1cccc(F)c1C. The first-order valence-electron chi connectivity index (χ1n) is 13.7. The number of phenolic OH excluding ortho intramolecular Hbond substituents is 1. The van der Waals surface area contributed by atoms with Gasteiger partial charge in [0.05, 0.1) is 0 Å². The topological polar surface area (TPSA) is 60.9 Å². The van der Waals surface area contributed by atoms with Crippen molar-refractivity contribution in [2.24, 2.45) is 11.8 Å². The molecule has 0 amide bonds. The zero-order chi connectivity index (χ0) is 28.1. The molecule has 1 fully saturated rings. The van der Waals surface area contributed by atoms with E-state index in [9.17, 15) is 19.1 Å². The van der Waals surface area contributed by atoms with Crippen molar-refractivity contribution < 1.29 is 19.1 Å². The van der Waals surface area contributed by atoms with Crippen LogP contribution in [0.25, 0.3) is 0 Å². The van der Waals surface area contributed by atoms with Gasteiger partial charge in [0.2, 0.25) is 0 Å². The van der Waals surface area contributed by atoms with Crippen LogP contribution in [-0.2, 0) is 0 Å². The Morgan fingerprint density at radius 3 is 2.31 bits per heavy atom. The summed E-state index contributed by atoms with van der Waals surface area (Å²) in [4.78, 5) is 32.7. The number of piperidine rings is 1. The number of carbonyl (C=O) groups is 2. The molecule has 1 aliphatic heterocycles. The summed E-state index contributed by atoms with van der Waals surface area (Å²) in [6, 6.07) is 18.8. The van der Waals surface area contributed by atoms with Gasteiger partial charge < -0.3 is 14.9 Å². The molecule has 3 unspecified atom stereocenters. The number of benzene rings is 3. The molecule has 1 saturated heterocycles. The van der Waals surface area contributed by atoms with Gasteiger partial charge in [0, 0.05) is 42.0 Å². The fourth-order valence-corrected chi connectivity index (χ4v) is 5.92. The molecule has 0 aliphatic carbocycles. The van der Waals surface area contributed by atoms with Crippen molar-refractivity contribution in [2.45, 2.75) is 32.6 Å². The van der Waals surface area contributed by atoms with E-state index in [1.807, 2.05) is 51.4 Å². The summed E-state index contributed by atoms with van der Waals surface area (Å²) in [5.41, 5.74) is 3.09. The molecule has 4 rings (SSSR count). The first-order valence-corrected chi connectivity index (χ1v) is 13.7. The summed E-state index contributed by atoms with van der Waals surface area (Å²) in [5.74, 6) is -2.09. The highest BCUT2D eigenvalue weighted by molar-refractivity contribution is 6.03. The van der Waals surface area contributed by atoms with Crippen LogP contribution in [0.2, 0.25) is 0 Å². The Hall–Kier alpha value is -3.35. The minimum absolute atomic E-state index is 0.0169. The molecule has 0 saturated carbocycles. The van der Waals surface area contributed by atoms with E-state index >= 15 is 0 Å². The fourth-order valence-electron chi connectivity index (χ4n) is 5.92. The third-order valence-corrected chi connectivity index (χ3v) is 7.99. The van der Waals surface area contributed by atoms with Crippen molar-refractivity contribution in [3.8, 4) is 5.75 Å². The van der Waals surface area contributed by atoms with Crippen molar-refractivity contribution in [1.29, 1.82) is 0 Å². The lowest BCUT2D eigenvalue weighted by atomic mass is 9.67. The number of nitrogens with zero attached hydrogens (tertiary/aromatic N) is 2. The van der Waals surface area contributed by atoms with Gasteiger partial charge in [0.15, 0.2) is 11.6 Å². The van der Waals surface area contributed by atoms with Crippen LogP contribution >= 0.6 is 0 Å². The lowest BCUT2D eigenvalue weighted by Crippen LogP contribution is -2.51. The second-order valence-corrected chi connectivity index (χ2v) is 11.1. The van der Waals surface area contributed by atoms with E-state index in [1.165, 1.54) is 18.2 Å². The van der Waals surface area contributed by atoms with E-state index in [1.54, 1.807) is 25.1 Å². The van der Waals surface area contributed by atoms with E-state index in [0.29, 0.717) is 35.3 Å². The number of phenols is 1. The third kappa shape index (κ3) is 6.63. The number of rotatable bonds is 10. The van der Waals surface area contributed by atoms with Crippen LogP contribution in [0.1, 0.15) is 56.2 Å². The number of hydrogen-bond donors (Lipinski definition) is 1. The van der Waals surface area contributed by atoms with Crippen LogP contribution in [0.15, 0.2) is 66.7 Å². The van der Waals surface area contributed by atoms with Gasteiger partial charge in [-0.05, 0) is 88.8 Å². The molecule has 206 valence electrons. The van der Waals surface area contributed by atoms with Crippen molar-refractivity contribution in [1.82, 2.24) is 9.80 Å². The van der Waals surface area contributed by atoms with Crippen LogP contribution in [0.5, 0.6) is 5.75 Å². The van der Waals surface area contributed by atoms with Gasteiger partial charge in [-0.25, -0.2) is 4.39 Å². The second kappa shape index (κ2) is 12.7. The van der Waals surface area contributed by atoms with E-state index < -0.39 is 17.8 Å². The summed E-state index contributed by atoms with van der Waals surface area (Å²) < 4.78 is 14.9. The van der Waals surface area contributed by atoms with Crippen molar-refractivity contribution in [3.63, 3.8) is 0 Å². The van der Waals surface area contributed by atoms with Gasteiger partial charge in [-0.1, -0.05) is 48.5 Å². The Bertz CT molecular complexity index is 1320. The molecule has 3 aromatic carbocycles. The third-order valence-electron chi connectivity index (χ3n) is 7.99. The van der Waals surface area contributed by atoms with Crippen LogP contribution < -0.4 is 0 Å². The maximum atomic E-state index is 14.9. The zero-order valence-electron chi connectivity index (χ0n) is 23.4. The largest absolute Gasteiger partial charge is 0.508 e. The number of hydrogen-bond acceptors (Lipinski definition) is 5. The van der Waals surface area contributed by atoms with E-state index in [4.69, 9.17) is 0 Å². The molecule has 6 heteroatoms. The Morgan fingerprint density at radius 2 is 1.62 bits per heavy atom. The molecule has 3 atom stereocenters. The van der Waals surface area contributed by atoms with Gasteiger partial charge >= 0.3 is 0 Å². The smallest absolute Gasteiger partial charge is 0.168 e. The van der Waals surface area contributed by atoms with Crippen LogP contribution in [0.3, 0.4) is 0 Å². The maximum Gasteiger partial charge on any atom is 0.168 e. The molecule has 1 aliphatic rings. The first-order chi connectivity index (χ1) is 18.7. The zero-order valence-corrected chi connectivity index (χ0v) is 23.4. The Balaban J connectivity index is 1.80. The van der Waals surface area contributed by atoms with E-state index in [-0.39, 0.29) is 23.1 Å². The van der Waals surface area contributed by atoms with Crippen LogP contribution in [0.4, 0.5) is 4.39 Å². The first kappa shape index (κ1) is 28.7. The number of unbranched alkanes of at least 4 members (excludes halogenated alkanes) is 1. The molecule has 0 aromatic heterocycles. The summed E-state index contributed by atoms with van der Waals surface area (Å²) in [5, 5.41) is 10.1. The predicted molar refractivity (Wildman–Crippen MR) is 153 cm³/mol. The summed E-state index contributed by atoms with van der Waals surface area (Å²) in [6.07, 6.45) is 1.96. The fraction of sp³-hybridized carbons (Fsp3) is 0.394. The molecule has 1 heterocycles. The second-order valence-electron chi connectivity index (χ2n) is 11.1. The van der Waals surface area contributed by atoms with E-state index in [2.05, 4.69) is 9.80 Å². The molecule has 1 N–H and O–H groups in total. The number of halogens is 1. The molecule has 0 bridgehead atoms. The van der Waals surface area contributed by atoms with Crippen molar-refractivity contribution in [2.75, 3.05) is 40.3 Å². The lowest BCUT2D eigenvalue weighted by Gasteiger charge is -2.43.